The molecule has 0 saturated heterocycles. The Morgan fingerprint density at radius 2 is 1.88 bits per heavy atom. The summed E-state index contributed by atoms with van der Waals surface area (Å²) in [6.45, 7) is 3.35. The molecule has 2 aromatic heterocycles. The monoisotopic (exact) mass is 350 g/mol. The van der Waals surface area contributed by atoms with Crippen LogP contribution in [0.3, 0.4) is 0 Å². The van der Waals surface area contributed by atoms with Crippen LogP contribution in [0.15, 0.2) is 41.2 Å². The van der Waals surface area contributed by atoms with Gasteiger partial charge in [-0.1, -0.05) is 17.3 Å². The maximum atomic E-state index is 13.1. The molecule has 0 aliphatic heterocycles. The molecule has 0 radical (unpaired) electrons. The minimum atomic E-state index is 0.0181. The van der Waals surface area contributed by atoms with Gasteiger partial charge in [-0.05, 0) is 56.7 Å². The predicted molar refractivity (Wildman–Crippen MR) is 105 cm³/mol. The summed E-state index contributed by atoms with van der Waals surface area (Å²) in [5.74, 6) is 0. The van der Waals surface area contributed by atoms with Crippen molar-refractivity contribution in [1.82, 2.24) is 20.1 Å². The molecule has 0 saturated carbocycles. The molecule has 4 rings (SSSR count). The second-order valence-electron chi connectivity index (χ2n) is 6.38. The maximum absolute atomic E-state index is 13.1. The molecule has 0 spiro atoms. The molecule has 0 fully saturated rings. The number of nitrogens with one attached hydrogen (secondary N) is 2. The maximum Gasteiger partial charge on any atom is 0.199 e. The van der Waals surface area contributed by atoms with Crippen molar-refractivity contribution in [3.63, 3.8) is 0 Å². The van der Waals surface area contributed by atoms with E-state index < -0.39 is 0 Å². The Kier molecular flexibility index (Phi) is 4.64. The highest BCUT2D eigenvalue weighted by molar-refractivity contribution is 6.06. The number of nitrogens with zero attached hydrogens (tertiary/aromatic N) is 3. The third-order valence-electron chi connectivity index (χ3n) is 4.62. The summed E-state index contributed by atoms with van der Waals surface area (Å²) in [5.41, 5.74) is 8.63. The minimum Gasteiger partial charge on any atom is -0.384 e. The highest BCUT2D eigenvalue weighted by Crippen LogP contribution is 2.27. The lowest BCUT2D eigenvalue weighted by Crippen LogP contribution is -2.21. The lowest BCUT2D eigenvalue weighted by Gasteiger charge is -2.11. The Labute approximate surface area is 150 Å². The summed E-state index contributed by atoms with van der Waals surface area (Å²) < 4.78 is 1.76. The number of anilines is 1. The summed E-state index contributed by atoms with van der Waals surface area (Å²) >= 11 is 0. The number of hydrogen-bond donors (Lipinski definition) is 3. The molecule has 26 heavy (non-hydrogen) atoms. The first kappa shape index (κ1) is 16.7. The zero-order valence-electron chi connectivity index (χ0n) is 14.5. The van der Waals surface area contributed by atoms with E-state index in [9.17, 15) is 4.79 Å². The third-order valence-corrected chi connectivity index (χ3v) is 4.62. The van der Waals surface area contributed by atoms with Crippen molar-refractivity contribution in [3.05, 3.63) is 46.6 Å². The van der Waals surface area contributed by atoms with Gasteiger partial charge in [0.05, 0.1) is 10.9 Å². The fourth-order valence-electron chi connectivity index (χ4n) is 3.33. The zero-order chi connectivity index (χ0) is 17.9. The highest BCUT2D eigenvalue weighted by Gasteiger charge is 2.16. The van der Waals surface area contributed by atoms with E-state index in [4.69, 9.17) is 5.73 Å². The first-order valence-electron chi connectivity index (χ1n) is 8.98. The van der Waals surface area contributed by atoms with Gasteiger partial charge in [-0.15, -0.1) is 5.10 Å². The predicted octanol–water partition coefficient (Wildman–Crippen LogP) is 1.57. The largest absolute Gasteiger partial charge is 0.384 e. The molecule has 2 aromatic carbocycles. The van der Waals surface area contributed by atoms with Gasteiger partial charge >= 0.3 is 0 Å². The first-order valence-corrected chi connectivity index (χ1v) is 8.98. The Morgan fingerprint density at radius 1 is 1.04 bits per heavy atom. The van der Waals surface area contributed by atoms with E-state index in [1.165, 1.54) is 0 Å². The van der Waals surface area contributed by atoms with Gasteiger partial charge in [0.1, 0.15) is 11.0 Å². The smallest absolute Gasteiger partial charge is 0.199 e. The summed E-state index contributed by atoms with van der Waals surface area (Å²) in [4.78, 5) is 13.1. The molecule has 0 bridgehead atoms. The van der Waals surface area contributed by atoms with Gasteiger partial charge < -0.3 is 16.4 Å². The van der Waals surface area contributed by atoms with Gasteiger partial charge in [0.15, 0.2) is 5.43 Å². The number of para-hydroxylation sites is 1. The first-order chi connectivity index (χ1) is 12.8. The quantitative estimate of drug-likeness (QED) is 0.330. The number of benzene rings is 2. The van der Waals surface area contributed by atoms with E-state index >= 15 is 0 Å². The normalized spacial score (nSPS) is 11.7. The zero-order valence-corrected chi connectivity index (χ0v) is 14.5. The molecule has 0 aliphatic carbocycles. The van der Waals surface area contributed by atoms with Crippen molar-refractivity contribution in [1.29, 1.82) is 0 Å². The lowest BCUT2D eigenvalue weighted by molar-refractivity contribution is 0.637. The second kappa shape index (κ2) is 7.23. The van der Waals surface area contributed by atoms with E-state index in [1.54, 1.807) is 4.52 Å². The summed E-state index contributed by atoms with van der Waals surface area (Å²) in [6.07, 6.45) is 1.95. The molecule has 2 heterocycles. The third kappa shape index (κ3) is 2.85. The number of aromatic nitrogens is 3. The molecule has 0 amide bonds. The van der Waals surface area contributed by atoms with Gasteiger partial charge in [-0.2, -0.15) is 0 Å². The van der Waals surface area contributed by atoms with Crippen LogP contribution in [0.4, 0.5) is 5.69 Å². The van der Waals surface area contributed by atoms with Crippen molar-refractivity contribution in [2.75, 3.05) is 31.5 Å². The van der Waals surface area contributed by atoms with Crippen molar-refractivity contribution < 1.29 is 0 Å². The molecule has 0 unspecified atom stereocenters. The van der Waals surface area contributed by atoms with Gasteiger partial charge in [-0.25, -0.2) is 4.52 Å². The van der Waals surface area contributed by atoms with Gasteiger partial charge in [0, 0.05) is 17.6 Å². The van der Waals surface area contributed by atoms with E-state index in [1.807, 2.05) is 36.4 Å². The fourth-order valence-corrected chi connectivity index (χ4v) is 3.33. The molecule has 134 valence electrons. The molecule has 7 nitrogen and oxygen atoms in total. The molecular weight excluding hydrogens is 328 g/mol. The average molecular weight is 350 g/mol. The number of hydrogen-bond acceptors (Lipinski definition) is 6. The van der Waals surface area contributed by atoms with Crippen LogP contribution in [0.1, 0.15) is 12.8 Å². The topological polar surface area (TPSA) is 97.3 Å². The Balaban J connectivity index is 1.65. The summed E-state index contributed by atoms with van der Waals surface area (Å²) in [6, 6.07) is 11.3. The molecule has 4 aromatic rings. The number of pyridine rings is 1. The number of nitrogens with two attached hydrogens (primary N) is 1. The number of rotatable bonds is 8. The van der Waals surface area contributed by atoms with E-state index in [0.29, 0.717) is 17.3 Å². The Morgan fingerprint density at radius 3 is 2.77 bits per heavy atom. The Bertz CT molecular complexity index is 1090. The van der Waals surface area contributed by atoms with Crippen LogP contribution >= 0.6 is 0 Å². The van der Waals surface area contributed by atoms with Gasteiger partial charge in [0.25, 0.3) is 0 Å². The van der Waals surface area contributed by atoms with Crippen molar-refractivity contribution in [2.24, 2.45) is 5.73 Å². The molecule has 7 heteroatoms. The van der Waals surface area contributed by atoms with E-state index in [-0.39, 0.29) is 5.43 Å². The van der Waals surface area contributed by atoms with Crippen LogP contribution in [0.5, 0.6) is 0 Å². The standard InChI is InChI=1S/C19H22N6O/c20-9-3-10-21-11-4-12-22-14-7-8-15-18-17(14)19(26)13-5-1-2-6-16(13)25(18)24-23-15/h1-2,5-8,21-22H,3-4,9-12,20H2. The van der Waals surface area contributed by atoms with Crippen LogP contribution < -0.4 is 21.8 Å². The second-order valence-corrected chi connectivity index (χ2v) is 6.38. The van der Waals surface area contributed by atoms with E-state index in [0.717, 1.165) is 54.7 Å². The van der Waals surface area contributed by atoms with Crippen LogP contribution in [0.25, 0.3) is 27.3 Å². The van der Waals surface area contributed by atoms with Crippen LogP contribution in [-0.4, -0.2) is 41.0 Å². The Hall–Kier alpha value is -2.77. The van der Waals surface area contributed by atoms with Crippen molar-refractivity contribution in [2.45, 2.75) is 12.8 Å². The van der Waals surface area contributed by atoms with Crippen LogP contribution in [-0.2, 0) is 0 Å². The van der Waals surface area contributed by atoms with Crippen molar-refractivity contribution in [3.8, 4) is 0 Å². The summed E-state index contributed by atoms with van der Waals surface area (Å²) in [7, 11) is 0. The average Bonchev–Trinajstić information content (AvgIpc) is 3.10. The van der Waals surface area contributed by atoms with Crippen molar-refractivity contribution >= 4 is 33.0 Å². The minimum absolute atomic E-state index is 0.0181. The highest BCUT2D eigenvalue weighted by atomic mass is 16.1. The summed E-state index contributed by atoms with van der Waals surface area (Å²) in [5, 5.41) is 16.5. The van der Waals surface area contributed by atoms with Gasteiger partial charge in [0.2, 0.25) is 0 Å². The molecular formula is C19H22N6O. The van der Waals surface area contributed by atoms with E-state index in [2.05, 4.69) is 20.9 Å². The number of fused-ring (bicyclic) bond motifs is 2. The lowest BCUT2D eigenvalue weighted by atomic mass is 10.1. The fraction of sp³-hybridized carbons (Fsp3) is 0.316. The molecule has 0 aliphatic rings. The SMILES string of the molecule is NCCCNCCCNc1ccc2nnn3c4ccccc4c(=O)c1c23. The van der Waals surface area contributed by atoms with Crippen LogP contribution in [0.2, 0.25) is 0 Å². The molecule has 0 atom stereocenters. The van der Waals surface area contributed by atoms with Crippen LogP contribution in [0, 0.1) is 0 Å². The molecule has 4 N–H and O–H groups in total. The van der Waals surface area contributed by atoms with Gasteiger partial charge in [-0.3, -0.25) is 4.79 Å².